The molecule has 3 rings (SSSR count). The molecule has 1 N–H and O–H groups in total. The first-order valence-electron chi connectivity index (χ1n) is 6.46. The lowest BCUT2D eigenvalue weighted by molar-refractivity contribution is 0.890. The summed E-state index contributed by atoms with van der Waals surface area (Å²) in [6.45, 7) is 2.03. The summed E-state index contributed by atoms with van der Waals surface area (Å²) in [6.07, 6.45) is 0. The maximum atomic E-state index is 4.44. The molecule has 94 valence electrons. The molecule has 0 atom stereocenters. The highest BCUT2D eigenvalue weighted by atomic mass is 15.1. The molecule has 0 saturated carbocycles. The first-order valence-corrected chi connectivity index (χ1v) is 6.46. The van der Waals surface area contributed by atoms with Crippen LogP contribution in [0.1, 0.15) is 28.4 Å². The van der Waals surface area contributed by atoms with Crippen LogP contribution < -0.4 is 0 Å². The van der Waals surface area contributed by atoms with E-state index >= 15 is 0 Å². The summed E-state index contributed by atoms with van der Waals surface area (Å²) in [6, 6.07) is 23.1. The third-order valence-electron chi connectivity index (χ3n) is 3.29. The van der Waals surface area contributed by atoms with Gasteiger partial charge in [-0.2, -0.15) is 5.10 Å². The van der Waals surface area contributed by atoms with Crippen LogP contribution in [0.15, 0.2) is 66.7 Å². The molecule has 0 amide bonds. The Kier molecular flexibility index (Phi) is 3.15. The maximum absolute atomic E-state index is 4.44. The molecule has 0 aliphatic rings. The number of aromatic nitrogens is 2. The van der Waals surface area contributed by atoms with Crippen LogP contribution in [0.25, 0.3) is 0 Å². The quantitative estimate of drug-likeness (QED) is 0.748. The van der Waals surface area contributed by atoms with Gasteiger partial charge in [0.05, 0.1) is 11.6 Å². The third kappa shape index (κ3) is 2.43. The van der Waals surface area contributed by atoms with Gasteiger partial charge in [0.25, 0.3) is 0 Å². The second-order valence-corrected chi connectivity index (χ2v) is 4.73. The van der Waals surface area contributed by atoms with Gasteiger partial charge in [-0.05, 0) is 24.1 Å². The van der Waals surface area contributed by atoms with Crippen molar-refractivity contribution in [3.05, 3.63) is 89.2 Å². The molecule has 2 nitrogen and oxygen atoms in total. The van der Waals surface area contributed by atoms with Crippen molar-refractivity contribution >= 4 is 0 Å². The van der Waals surface area contributed by atoms with E-state index in [1.54, 1.807) is 0 Å². The summed E-state index contributed by atoms with van der Waals surface area (Å²) in [5.41, 5.74) is 4.68. The Hall–Kier alpha value is -2.35. The van der Waals surface area contributed by atoms with Crippen molar-refractivity contribution < 1.29 is 0 Å². The summed E-state index contributed by atoms with van der Waals surface area (Å²) in [7, 11) is 0. The topological polar surface area (TPSA) is 28.7 Å². The van der Waals surface area contributed by atoms with E-state index < -0.39 is 0 Å². The van der Waals surface area contributed by atoms with Crippen LogP contribution in [0.4, 0.5) is 0 Å². The lowest BCUT2D eigenvalue weighted by Crippen LogP contribution is -2.03. The van der Waals surface area contributed by atoms with Gasteiger partial charge in [0.1, 0.15) is 0 Å². The Morgan fingerprint density at radius 3 is 1.79 bits per heavy atom. The smallest absolute Gasteiger partial charge is 0.0743 e. The molecule has 19 heavy (non-hydrogen) atoms. The second kappa shape index (κ2) is 5.11. The van der Waals surface area contributed by atoms with E-state index in [0.29, 0.717) is 0 Å². The second-order valence-electron chi connectivity index (χ2n) is 4.73. The van der Waals surface area contributed by atoms with Gasteiger partial charge in [-0.15, -0.1) is 0 Å². The maximum Gasteiger partial charge on any atom is 0.0743 e. The van der Waals surface area contributed by atoms with Crippen molar-refractivity contribution in [1.29, 1.82) is 0 Å². The van der Waals surface area contributed by atoms with Gasteiger partial charge < -0.3 is 0 Å². The molecule has 1 heterocycles. The average molecular weight is 248 g/mol. The van der Waals surface area contributed by atoms with E-state index in [-0.39, 0.29) is 5.92 Å². The van der Waals surface area contributed by atoms with Crippen LogP contribution in [0.5, 0.6) is 0 Å². The predicted octanol–water partition coefficient (Wildman–Crippen LogP) is 3.90. The summed E-state index contributed by atoms with van der Waals surface area (Å²) < 4.78 is 0. The number of aryl methyl sites for hydroxylation is 1. The summed E-state index contributed by atoms with van der Waals surface area (Å²) in [5.74, 6) is 0.187. The molecule has 2 heteroatoms. The molecule has 0 bridgehead atoms. The molecule has 0 fully saturated rings. The average Bonchev–Trinajstić information content (AvgIpc) is 2.88. The van der Waals surface area contributed by atoms with Gasteiger partial charge in [-0.1, -0.05) is 60.7 Å². The van der Waals surface area contributed by atoms with Gasteiger partial charge in [0.15, 0.2) is 0 Å². The zero-order valence-corrected chi connectivity index (χ0v) is 10.9. The SMILES string of the molecule is Cc1cc(C(c2ccccc2)c2ccccc2)n[nH]1. The molecule has 1 aromatic heterocycles. The van der Waals surface area contributed by atoms with Crippen molar-refractivity contribution in [3.8, 4) is 0 Å². The molecule has 0 saturated heterocycles. The molecular weight excluding hydrogens is 232 g/mol. The Balaban J connectivity index is 2.11. The highest BCUT2D eigenvalue weighted by Gasteiger charge is 2.18. The van der Waals surface area contributed by atoms with Gasteiger partial charge in [0, 0.05) is 5.69 Å². The van der Waals surface area contributed by atoms with Crippen LogP contribution in [-0.4, -0.2) is 10.2 Å². The van der Waals surface area contributed by atoms with E-state index in [1.807, 2.05) is 19.1 Å². The number of aromatic amines is 1. The number of H-pyrrole nitrogens is 1. The Morgan fingerprint density at radius 1 is 0.842 bits per heavy atom. The fourth-order valence-electron chi connectivity index (χ4n) is 2.41. The van der Waals surface area contributed by atoms with Crippen LogP contribution >= 0.6 is 0 Å². The summed E-state index contributed by atoms with van der Waals surface area (Å²) in [4.78, 5) is 0. The number of hydrogen-bond acceptors (Lipinski definition) is 1. The Morgan fingerprint density at radius 2 is 1.37 bits per heavy atom. The zero-order valence-electron chi connectivity index (χ0n) is 10.9. The normalized spacial score (nSPS) is 10.8. The molecular formula is C17H16N2. The Labute approximate surface area is 113 Å². The number of rotatable bonds is 3. The van der Waals surface area contributed by atoms with Crippen molar-refractivity contribution in [3.63, 3.8) is 0 Å². The van der Waals surface area contributed by atoms with Gasteiger partial charge >= 0.3 is 0 Å². The number of hydrogen-bond donors (Lipinski definition) is 1. The molecule has 0 radical (unpaired) electrons. The van der Waals surface area contributed by atoms with E-state index in [4.69, 9.17) is 0 Å². The molecule has 0 aliphatic heterocycles. The van der Waals surface area contributed by atoms with Gasteiger partial charge in [-0.3, -0.25) is 5.10 Å². The predicted molar refractivity (Wildman–Crippen MR) is 77.2 cm³/mol. The van der Waals surface area contributed by atoms with Crippen LogP contribution in [0.2, 0.25) is 0 Å². The first-order chi connectivity index (χ1) is 9.34. The fraction of sp³-hybridized carbons (Fsp3) is 0.118. The standard InChI is InChI=1S/C17H16N2/c1-13-12-16(19-18-13)17(14-8-4-2-5-9-14)15-10-6-3-7-11-15/h2-12,17H,1H3,(H,18,19). The van der Waals surface area contributed by atoms with E-state index in [0.717, 1.165) is 11.4 Å². The molecule has 3 aromatic rings. The summed E-state index contributed by atoms with van der Waals surface area (Å²) >= 11 is 0. The lowest BCUT2D eigenvalue weighted by atomic mass is 9.88. The lowest BCUT2D eigenvalue weighted by Gasteiger charge is -2.15. The van der Waals surface area contributed by atoms with Crippen LogP contribution in [0.3, 0.4) is 0 Å². The van der Waals surface area contributed by atoms with Crippen LogP contribution in [-0.2, 0) is 0 Å². The molecule has 0 unspecified atom stereocenters. The van der Waals surface area contributed by atoms with E-state index in [9.17, 15) is 0 Å². The minimum absolute atomic E-state index is 0.187. The van der Waals surface area contributed by atoms with Crippen molar-refractivity contribution in [2.45, 2.75) is 12.8 Å². The first kappa shape index (κ1) is 11.7. The number of nitrogens with one attached hydrogen (secondary N) is 1. The van der Waals surface area contributed by atoms with E-state index in [2.05, 4.69) is 64.8 Å². The van der Waals surface area contributed by atoms with Crippen molar-refractivity contribution in [1.82, 2.24) is 10.2 Å². The third-order valence-corrected chi connectivity index (χ3v) is 3.29. The minimum atomic E-state index is 0.187. The summed E-state index contributed by atoms with van der Waals surface area (Å²) in [5, 5.41) is 7.48. The molecule has 0 spiro atoms. The van der Waals surface area contributed by atoms with Gasteiger partial charge in [0.2, 0.25) is 0 Å². The monoisotopic (exact) mass is 248 g/mol. The highest BCUT2D eigenvalue weighted by molar-refractivity contribution is 5.40. The van der Waals surface area contributed by atoms with E-state index in [1.165, 1.54) is 11.1 Å². The van der Waals surface area contributed by atoms with Crippen molar-refractivity contribution in [2.75, 3.05) is 0 Å². The van der Waals surface area contributed by atoms with Gasteiger partial charge in [-0.25, -0.2) is 0 Å². The molecule has 2 aromatic carbocycles. The van der Waals surface area contributed by atoms with Crippen LogP contribution in [0, 0.1) is 6.92 Å². The Bertz CT molecular complexity index is 602. The fourth-order valence-corrected chi connectivity index (χ4v) is 2.41. The molecule has 0 aliphatic carbocycles. The zero-order chi connectivity index (χ0) is 13.1. The minimum Gasteiger partial charge on any atom is -0.283 e. The number of benzene rings is 2. The van der Waals surface area contributed by atoms with Crippen molar-refractivity contribution in [2.24, 2.45) is 0 Å². The number of nitrogens with zero attached hydrogens (tertiary/aromatic N) is 1. The largest absolute Gasteiger partial charge is 0.283 e. The highest BCUT2D eigenvalue weighted by Crippen LogP contribution is 2.30.